The van der Waals surface area contributed by atoms with E-state index in [-0.39, 0.29) is 6.07 Å². The number of hydrogen-bond donors (Lipinski definition) is 1. The second-order valence-corrected chi connectivity index (χ2v) is 5.41. The monoisotopic (exact) mass is 343 g/mol. The first-order valence-electron chi connectivity index (χ1n) is 6.06. The number of alkyl halides is 1. The van der Waals surface area contributed by atoms with Crippen molar-refractivity contribution in [3.63, 3.8) is 0 Å². The van der Waals surface area contributed by atoms with Gasteiger partial charge in [-0.2, -0.15) is 0 Å². The van der Waals surface area contributed by atoms with E-state index in [1.54, 1.807) is 24.3 Å². The van der Waals surface area contributed by atoms with Crippen molar-refractivity contribution < 1.29 is 9.53 Å². The van der Waals surface area contributed by atoms with Crippen LogP contribution < -0.4 is 5.73 Å². The van der Waals surface area contributed by atoms with Crippen LogP contribution in [0.1, 0.15) is 21.5 Å². The molecule has 0 fully saturated rings. The summed E-state index contributed by atoms with van der Waals surface area (Å²) in [5.41, 5.74) is 8.39. The molecule has 2 N–H and O–H groups in total. The number of nitrogens with two attached hydrogens (primary N) is 1. The number of esters is 1. The fraction of sp³-hybridized carbons (Fsp3) is 0.133. The van der Waals surface area contributed by atoms with Gasteiger partial charge < -0.3 is 10.5 Å². The van der Waals surface area contributed by atoms with E-state index in [9.17, 15) is 4.79 Å². The van der Waals surface area contributed by atoms with Gasteiger partial charge in [-0.25, -0.2) is 4.79 Å². The van der Waals surface area contributed by atoms with Crippen LogP contribution in [0.4, 0.5) is 5.69 Å². The number of carbonyl (C=O) groups is 1. The van der Waals surface area contributed by atoms with Crippen LogP contribution >= 0.6 is 34.8 Å². The molecular formula is C15H12Cl3NO2. The van der Waals surface area contributed by atoms with E-state index < -0.39 is 5.97 Å². The summed E-state index contributed by atoms with van der Waals surface area (Å²) in [5.74, 6) is -0.458. The van der Waals surface area contributed by atoms with Crippen molar-refractivity contribution in [3.05, 3.63) is 63.1 Å². The van der Waals surface area contributed by atoms with Crippen LogP contribution in [0.3, 0.4) is 0 Å². The van der Waals surface area contributed by atoms with E-state index in [0.29, 0.717) is 27.7 Å². The highest BCUT2D eigenvalue weighted by atomic mass is 35.5. The summed E-state index contributed by atoms with van der Waals surface area (Å²) in [6.07, 6.45) is 0.544. The van der Waals surface area contributed by atoms with Crippen molar-refractivity contribution in [3.8, 4) is 0 Å². The van der Waals surface area contributed by atoms with Gasteiger partial charge in [-0.05, 0) is 35.4 Å². The number of anilines is 1. The molecule has 0 saturated carbocycles. The number of rotatable bonds is 4. The SMILES string of the molecule is Nc1cc(Cl)c(Cc2ccc(C(=O)OCCl)cc2)c(Cl)c1. The Morgan fingerprint density at radius 1 is 1.10 bits per heavy atom. The molecule has 0 unspecified atom stereocenters. The van der Waals surface area contributed by atoms with E-state index in [1.807, 2.05) is 12.1 Å². The molecule has 21 heavy (non-hydrogen) atoms. The van der Waals surface area contributed by atoms with Crippen LogP contribution in [0.25, 0.3) is 0 Å². The van der Waals surface area contributed by atoms with Gasteiger partial charge in [0.2, 0.25) is 0 Å². The minimum atomic E-state index is -0.458. The molecule has 2 aromatic carbocycles. The number of halogens is 3. The summed E-state index contributed by atoms with van der Waals surface area (Å²) in [4.78, 5) is 11.5. The van der Waals surface area contributed by atoms with Crippen molar-refractivity contribution in [1.82, 2.24) is 0 Å². The lowest BCUT2D eigenvalue weighted by atomic mass is 10.0. The molecule has 110 valence electrons. The highest BCUT2D eigenvalue weighted by Gasteiger charge is 2.10. The molecule has 0 heterocycles. The van der Waals surface area contributed by atoms with Crippen molar-refractivity contribution in [2.75, 3.05) is 11.8 Å². The quantitative estimate of drug-likeness (QED) is 0.504. The molecule has 0 bridgehead atoms. The summed E-state index contributed by atoms with van der Waals surface area (Å²) in [6.45, 7) is 0. The van der Waals surface area contributed by atoms with Gasteiger partial charge in [0.25, 0.3) is 0 Å². The van der Waals surface area contributed by atoms with Gasteiger partial charge in [0.1, 0.15) is 0 Å². The maximum absolute atomic E-state index is 11.5. The summed E-state index contributed by atoms with van der Waals surface area (Å²) in [5, 5.41) is 1.04. The van der Waals surface area contributed by atoms with Crippen LogP contribution in [0.5, 0.6) is 0 Å². The number of hydrogen-bond acceptors (Lipinski definition) is 3. The van der Waals surface area contributed by atoms with Crippen molar-refractivity contribution >= 4 is 46.5 Å². The van der Waals surface area contributed by atoms with Gasteiger partial charge in [-0.3, -0.25) is 0 Å². The molecule has 0 aliphatic heterocycles. The smallest absolute Gasteiger partial charge is 0.339 e. The molecular weight excluding hydrogens is 333 g/mol. The minimum absolute atomic E-state index is 0.169. The van der Waals surface area contributed by atoms with E-state index in [2.05, 4.69) is 0 Å². The number of ether oxygens (including phenoxy) is 1. The lowest BCUT2D eigenvalue weighted by Gasteiger charge is -2.09. The molecule has 0 aliphatic rings. The Balaban J connectivity index is 2.19. The number of nitrogen functional groups attached to an aromatic ring is 1. The Morgan fingerprint density at radius 2 is 1.67 bits per heavy atom. The van der Waals surface area contributed by atoms with Crippen LogP contribution in [-0.4, -0.2) is 12.0 Å². The highest BCUT2D eigenvalue weighted by molar-refractivity contribution is 6.36. The molecule has 3 nitrogen and oxygen atoms in total. The number of benzene rings is 2. The molecule has 6 heteroatoms. The molecule has 0 radical (unpaired) electrons. The molecule has 0 amide bonds. The summed E-state index contributed by atoms with van der Waals surface area (Å²) in [6, 6.07) is 10.1. The zero-order valence-corrected chi connectivity index (χ0v) is 13.2. The fourth-order valence-electron chi connectivity index (χ4n) is 1.89. The third-order valence-corrected chi connectivity index (χ3v) is 3.70. The molecule has 0 aromatic heterocycles. The predicted molar refractivity (Wildman–Crippen MR) is 86.3 cm³/mol. The Hall–Kier alpha value is -1.42. The van der Waals surface area contributed by atoms with Gasteiger partial charge >= 0.3 is 5.97 Å². The molecule has 2 aromatic rings. The largest absolute Gasteiger partial charge is 0.446 e. The number of carbonyl (C=O) groups excluding carboxylic acids is 1. The fourth-order valence-corrected chi connectivity index (χ4v) is 2.62. The van der Waals surface area contributed by atoms with Crippen LogP contribution in [0.15, 0.2) is 36.4 Å². The van der Waals surface area contributed by atoms with Crippen molar-refractivity contribution in [2.24, 2.45) is 0 Å². The van der Waals surface area contributed by atoms with Crippen LogP contribution in [0.2, 0.25) is 10.0 Å². The first-order chi connectivity index (χ1) is 10.0. The van der Waals surface area contributed by atoms with Crippen molar-refractivity contribution in [1.29, 1.82) is 0 Å². The Morgan fingerprint density at radius 3 is 2.19 bits per heavy atom. The van der Waals surface area contributed by atoms with Crippen LogP contribution in [0, 0.1) is 0 Å². The normalized spacial score (nSPS) is 10.4. The average molecular weight is 345 g/mol. The first-order valence-corrected chi connectivity index (χ1v) is 7.35. The Bertz CT molecular complexity index is 633. The maximum atomic E-state index is 11.5. The lowest BCUT2D eigenvalue weighted by molar-refractivity contribution is 0.0574. The third-order valence-electron chi connectivity index (χ3n) is 2.92. The van der Waals surface area contributed by atoms with E-state index in [0.717, 1.165) is 11.1 Å². The topological polar surface area (TPSA) is 52.3 Å². The van der Waals surface area contributed by atoms with Crippen molar-refractivity contribution in [2.45, 2.75) is 6.42 Å². The zero-order chi connectivity index (χ0) is 15.4. The van der Waals surface area contributed by atoms with E-state index >= 15 is 0 Å². The second kappa shape index (κ2) is 7.03. The predicted octanol–water partition coefficient (Wildman–Crippen LogP) is 4.52. The molecule has 2 rings (SSSR count). The highest BCUT2D eigenvalue weighted by Crippen LogP contribution is 2.29. The summed E-state index contributed by atoms with van der Waals surface area (Å²) < 4.78 is 4.71. The first kappa shape index (κ1) is 16.0. The van der Waals surface area contributed by atoms with Gasteiger partial charge in [-0.1, -0.05) is 46.9 Å². The second-order valence-electron chi connectivity index (χ2n) is 4.38. The standard InChI is InChI=1S/C15H12Cl3NO2/c16-8-21-15(20)10-3-1-9(2-4-10)5-12-13(17)6-11(19)7-14(12)18/h1-4,6-7H,5,8,19H2. The molecule has 0 aliphatic carbocycles. The van der Waals surface area contributed by atoms with Gasteiger partial charge in [-0.15, -0.1) is 0 Å². The maximum Gasteiger partial charge on any atom is 0.339 e. The molecule has 0 spiro atoms. The Kier molecular flexibility index (Phi) is 5.34. The van der Waals surface area contributed by atoms with Gasteiger partial charge in [0, 0.05) is 22.2 Å². The van der Waals surface area contributed by atoms with Crippen LogP contribution in [-0.2, 0) is 11.2 Å². The molecule has 0 atom stereocenters. The average Bonchev–Trinajstić information content (AvgIpc) is 2.43. The van der Waals surface area contributed by atoms with Gasteiger partial charge in [0.15, 0.2) is 6.07 Å². The Labute approximate surface area is 137 Å². The molecule has 0 saturated heterocycles. The van der Waals surface area contributed by atoms with E-state index in [4.69, 9.17) is 45.3 Å². The lowest BCUT2D eigenvalue weighted by Crippen LogP contribution is -2.03. The van der Waals surface area contributed by atoms with E-state index in [1.165, 1.54) is 0 Å². The van der Waals surface area contributed by atoms with Gasteiger partial charge in [0.05, 0.1) is 5.56 Å². The summed E-state index contributed by atoms with van der Waals surface area (Å²) in [7, 11) is 0. The third kappa shape index (κ3) is 4.03. The summed E-state index contributed by atoms with van der Waals surface area (Å²) >= 11 is 17.7. The zero-order valence-electron chi connectivity index (χ0n) is 10.9. The minimum Gasteiger partial charge on any atom is -0.446 e.